The summed E-state index contributed by atoms with van der Waals surface area (Å²) in [7, 11) is -3.67. The van der Waals surface area contributed by atoms with Crippen LogP contribution >= 0.6 is 0 Å². The number of ether oxygens (including phenoxy) is 2. The number of carbonyl (C=O) groups is 2. The number of aryl methyl sites for hydroxylation is 1. The summed E-state index contributed by atoms with van der Waals surface area (Å²) < 4.78 is 37.7. The van der Waals surface area contributed by atoms with Crippen LogP contribution in [0.4, 0.5) is 5.95 Å². The van der Waals surface area contributed by atoms with E-state index in [-0.39, 0.29) is 37.0 Å². The summed E-state index contributed by atoms with van der Waals surface area (Å²) in [5.74, 6) is -0.673. The second kappa shape index (κ2) is 10.5. The molecule has 12 nitrogen and oxygen atoms in total. The van der Waals surface area contributed by atoms with Crippen molar-refractivity contribution in [1.82, 2.24) is 19.5 Å². The third kappa shape index (κ3) is 9.78. The van der Waals surface area contributed by atoms with E-state index in [1.807, 2.05) is 4.57 Å². The Morgan fingerprint density at radius 2 is 1.75 bits per heavy atom. The van der Waals surface area contributed by atoms with Crippen molar-refractivity contribution in [3.63, 3.8) is 0 Å². The molecule has 0 saturated carbocycles. The van der Waals surface area contributed by atoms with Crippen molar-refractivity contribution in [3.05, 3.63) is 12.5 Å². The molecule has 0 aromatic carbocycles. The molecule has 0 bridgehead atoms. The Kier molecular flexibility index (Phi) is 8.73. The quantitative estimate of drug-likeness (QED) is 0.459. The molecule has 0 atom stereocenters. The first-order chi connectivity index (χ1) is 13.0. The molecule has 0 radical (unpaired) electrons. The number of fused-ring (bicyclic) bond motifs is 1. The fourth-order valence-electron chi connectivity index (χ4n) is 2.04. The van der Waals surface area contributed by atoms with E-state index in [9.17, 15) is 18.0 Å². The van der Waals surface area contributed by atoms with E-state index in [4.69, 9.17) is 19.8 Å². The van der Waals surface area contributed by atoms with E-state index >= 15 is 0 Å². The van der Waals surface area contributed by atoms with Crippen LogP contribution in [0.25, 0.3) is 11.2 Å². The molecule has 28 heavy (non-hydrogen) atoms. The highest BCUT2D eigenvalue weighted by Crippen LogP contribution is 2.13. The molecule has 0 saturated heterocycles. The lowest BCUT2D eigenvalue weighted by Gasteiger charge is -2.16. The van der Waals surface area contributed by atoms with Crippen LogP contribution in [0.15, 0.2) is 12.5 Å². The molecule has 0 aliphatic rings. The Morgan fingerprint density at radius 1 is 1.21 bits per heavy atom. The molecule has 13 heteroatoms. The van der Waals surface area contributed by atoms with Gasteiger partial charge in [0.05, 0.1) is 32.0 Å². The van der Waals surface area contributed by atoms with Crippen LogP contribution in [0.1, 0.15) is 20.3 Å². The average molecular weight is 417 g/mol. The summed E-state index contributed by atoms with van der Waals surface area (Å²) in [6.07, 6.45) is 4.54. The Bertz CT molecular complexity index is 887. The number of esters is 2. The molecule has 2 heterocycles. The van der Waals surface area contributed by atoms with Gasteiger partial charge in [-0.25, -0.2) is 9.97 Å². The van der Waals surface area contributed by atoms with Gasteiger partial charge in [0, 0.05) is 26.3 Å². The topological polar surface area (TPSA) is 177 Å². The van der Waals surface area contributed by atoms with Gasteiger partial charge in [-0.2, -0.15) is 13.4 Å². The maximum atomic E-state index is 11.0. The van der Waals surface area contributed by atoms with Crippen LogP contribution in [-0.2, 0) is 35.7 Å². The third-order valence-electron chi connectivity index (χ3n) is 3.20. The second-order valence-electron chi connectivity index (χ2n) is 5.87. The van der Waals surface area contributed by atoms with E-state index in [2.05, 4.69) is 15.0 Å². The van der Waals surface area contributed by atoms with Crippen molar-refractivity contribution >= 4 is 39.2 Å². The highest BCUT2D eigenvalue weighted by molar-refractivity contribution is 7.85. The Morgan fingerprint density at radius 3 is 2.25 bits per heavy atom. The Labute approximate surface area is 161 Å². The number of hydrogen-bond acceptors (Lipinski definition) is 10. The van der Waals surface area contributed by atoms with Crippen LogP contribution in [-0.4, -0.2) is 63.9 Å². The lowest BCUT2D eigenvalue weighted by Crippen LogP contribution is -2.21. The largest absolute Gasteiger partial charge is 0.465 e. The summed E-state index contributed by atoms with van der Waals surface area (Å²) >= 11 is 0. The number of hydrogen-bond donors (Lipinski definition) is 2. The molecule has 0 fully saturated rings. The van der Waals surface area contributed by atoms with E-state index in [0.29, 0.717) is 30.4 Å². The van der Waals surface area contributed by atoms with Gasteiger partial charge in [-0.05, 0) is 6.42 Å². The molecule has 0 aliphatic heterocycles. The molecular formula is C15H23N5O7S. The zero-order valence-corrected chi connectivity index (χ0v) is 16.5. The zero-order valence-electron chi connectivity index (χ0n) is 15.7. The Balaban J connectivity index is 0.000000696. The highest BCUT2D eigenvalue weighted by atomic mass is 32.2. The predicted molar refractivity (Wildman–Crippen MR) is 98.6 cm³/mol. The predicted octanol–water partition coefficient (Wildman–Crippen LogP) is 0.0450. The summed E-state index contributed by atoms with van der Waals surface area (Å²) in [6.45, 7) is 3.62. The fraction of sp³-hybridized carbons (Fsp3) is 0.533. The average Bonchev–Trinajstić information content (AvgIpc) is 2.94. The minimum atomic E-state index is -3.67. The van der Waals surface area contributed by atoms with Gasteiger partial charge in [-0.3, -0.25) is 14.1 Å². The molecule has 3 N–H and O–H groups in total. The third-order valence-corrected chi connectivity index (χ3v) is 3.20. The van der Waals surface area contributed by atoms with Crippen LogP contribution in [0.2, 0.25) is 0 Å². The van der Waals surface area contributed by atoms with Gasteiger partial charge in [0.15, 0.2) is 5.65 Å². The van der Waals surface area contributed by atoms with Crippen LogP contribution in [0, 0.1) is 5.92 Å². The number of carbonyl (C=O) groups excluding carboxylic acids is 2. The number of aromatic nitrogens is 4. The molecular weight excluding hydrogens is 394 g/mol. The summed E-state index contributed by atoms with van der Waals surface area (Å²) in [5, 5.41) is 0. The molecule has 0 aliphatic carbocycles. The molecule has 2 rings (SSSR count). The minimum absolute atomic E-state index is 0.112. The van der Waals surface area contributed by atoms with E-state index in [1.54, 1.807) is 12.5 Å². The summed E-state index contributed by atoms with van der Waals surface area (Å²) in [6, 6.07) is 0. The first-order valence-corrected chi connectivity index (χ1v) is 9.93. The number of imidazole rings is 1. The molecule has 156 valence electrons. The smallest absolute Gasteiger partial charge is 0.302 e. The zero-order chi connectivity index (χ0) is 21.3. The molecule has 2 aromatic rings. The normalized spacial score (nSPS) is 11.0. The van der Waals surface area contributed by atoms with E-state index < -0.39 is 10.1 Å². The number of nitrogen functional groups attached to an aromatic ring is 1. The number of nitrogens with two attached hydrogens (primary N) is 1. The minimum Gasteiger partial charge on any atom is -0.465 e. The number of nitrogens with zero attached hydrogens (tertiary/aromatic N) is 4. The van der Waals surface area contributed by atoms with Crippen molar-refractivity contribution in [2.75, 3.05) is 25.2 Å². The van der Waals surface area contributed by atoms with Gasteiger partial charge in [0.1, 0.15) is 5.52 Å². The van der Waals surface area contributed by atoms with Crippen molar-refractivity contribution in [2.24, 2.45) is 5.92 Å². The van der Waals surface area contributed by atoms with Crippen LogP contribution in [0.5, 0.6) is 0 Å². The van der Waals surface area contributed by atoms with Gasteiger partial charge < -0.3 is 19.8 Å². The second-order valence-corrected chi connectivity index (χ2v) is 7.33. The first-order valence-electron chi connectivity index (χ1n) is 8.08. The van der Waals surface area contributed by atoms with Gasteiger partial charge in [0.25, 0.3) is 10.1 Å². The monoisotopic (exact) mass is 417 g/mol. The van der Waals surface area contributed by atoms with E-state index in [1.165, 1.54) is 13.8 Å². The Hall–Kier alpha value is -2.80. The van der Waals surface area contributed by atoms with Gasteiger partial charge in [0.2, 0.25) is 5.95 Å². The SMILES string of the molecule is CC(=O)OCC(CCn1cnc2cnc(N)nc21)COC(C)=O.CS(=O)(=O)O. The molecule has 0 spiro atoms. The maximum absolute atomic E-state index is 11.0. The van der Waals surface area contributed by atoms with Crippen molar-refractivity contribution in [3.8, 4) is 0 Å². The summed E-state index contributed by atoms with van der Waals surface area (Å²) in [4.78, 5) is 34.2. The van der Waals surface area contributed by atoms with Gasteiger partial charge >= 0.3 is 11.9 Å². The highest BCUT2D eigenvalue weighted by Gasteiger charge is 2.14. The van der Waals surface area contributed by atoms with Gasteiger partial charge in [-0.1, -0.05) is 0 Å². The van der Waals surface area contributed by atoms with Crippen molar-refractivity contribution in [2.45, 2.75) is 26.8 Å². The molecule has 2 aromatic heterocycles. The molecule has 0 unspecified atom stereocenters. The van der Waals surface area contributed by atoms with E-state index in [0.717, 1.165) is 0 Å². The van der Waals surface area contributed by atoms with Crippen LogP contribution < -0.4 is 5.73 Å². The van der Waals surface area contributed by atoms with Crippen molar-refractivity contribution < 1.29 is 32.0 Å². The fourth-order valence-corrected chi connectivity index (χ4v) is 2.04. The van der Waals surface area contributed by atoms with Gasteiger partial charge in [-0.15, -0.1) is 0 Å². The lowest BCUT2D eigenvalue weighted by atomic mass is 10.1. The van der Waals surface area contributed by atoms with Crippen molar-refractivity contribution in [1.29, 1.82) is 0 Å². The number of rotatable bonds is 7. The molecule has 0 amide bonds. The maximum Gasteiger partial charge on any atom is 0.302 e. The standard InChI is InChI=1S/C14H19N5O4.CH4O3S/c1-9(20)22-6-11(7-23-10(2)21)3-4-19-8-17-12-5-16-14(15)18-13(12)19;1-5(2,3)4/h5,8,11H,3-4,6-7H2,1-2H3,(H2,15,16,18);1H3,(H,2,3,4). The first kappa shape index (κ1) is 23.2. The van der Waals surface area contributed by atoms with Crippen LogP contribution in [0.3, 0.4) is 0 Å². The number of anilines is 1. The lowest BCUT2D eigenvalue weighted by molar-refractivity contribution is -0.146. The summed E-state index contributed by atoms with van der Waals surface area (Å²) in [5.41, 5.74) is 6.88.